The van der Waals surface area contributed by atoms with Gasteiger partial charge in [-0.25, -0.2) is 0 Å². The predicted octanol–water partition coefficient (Wildman–Crippen LogP) is 3.79. The summed E-state index contributed by atoms with van der Waals surface area (Å²) in [5.41, 5.74) is 1.88. The summed E-state index contributed by atoms with van der Waals surface area (Å²) in [6.07, 6.45) is 0.568. The highest BCUT2D eigenvalue weighted by Crippen LogP contribution is 2.33. The molecule has 0 atom stereocenters. The van der Waals surface area contributed by atoms with Crippen LogP contribution in [0.25, 0.3) is 0 Å². The molecule has 0 unspecified atom stereocenters. The molecule has 0 aromatic heterocycles. The van der Waals surface area contributed by atoms with Crippen molar-refractivity contribution >= 4 is 23.4 Å². The van der Waals surface area contributed by atoms with E-state index >= 15 is 0 Å². The van der Waals surface area contributed by atoms with Gasteiger partial charge < -0.3 is 9.84 Å². The van der Waals surface area contributed by atoms with Gasteiger partial charge in [-0.15, -0.1) is 0 Å². The Morgan fingerprint density at radius 1 is 1.30 bits per heavy atom. The molecule has 0 amide bonds. The van der Waals surface area contributed by atoms with E-state index in [1.54, 1.807) is 13.0 Å². The number of Topliss-reactive ketones (excluding diaryl/α,β-unsaturated/α-hetero) is 1. The minimum Gasteiger partial charge on any atom is -0.493 e. The molecule has 0 radical (unpaired) electrons. The highest BCUT2D eigenvalue weighted by molar-refractivity contribution is 6.32. The fourth-order valence-electron chi connectivity index (χ4n) is 1.94. The van der Waals surface area contributed by atoms with E-state index < -0.39 is 5.97 Å². The van der Waals surface area contributed by atoms with E-state index in [9.17, 15) is 9.59 Å². The summed E-state index contributed by atoms with van der Waals surface area (Å²) < 4.78 is 5.60. The zero-order valence-corrected chi connectivity index (χ0v) is 12.7. The summed E-state index contributed by atoms with van der Waals surface area (Å²) in [7, 11) is 0. The van der Waals surface area contributed by atoms with E-state index in [4.69, 9.17) is 21.4 Å². The molecule has 0 saturated heterocycles. The average Bonchev–Trinajstić information content (AvgIpc) is 2.39. The second-order valence-electron chi connectivity index (χ2n) is 4.67. The number of aryl methyl sites for hydroxylation is 1. The van der Waals surface area contributed by atoms with Crippen molar-refractivity contribution in [2.75, 3.05) is 6.61 Å². The maximum absolute atomic E-state index is 12.2. The molecule has 0 aliphatic carbocycles. The number of aliphatic carboxylic acids is 1. The Morgan fingerprint density at radius 3 is 2.50 bits per heavy atom. The van der Waals surface area contributed by atoms with Crippen molar-refractivity contribution in [1.29, 1.82) is 0 Å². The molecule has 1 aromatic rings. The van der Waals surface area contributed by atoms with Crippen LogP contribution in [0.1, 0.15) is 47.7 Å². The smallest absolute Gasteiger partial charge is 0.303 e. The van der Waals surface area contributed by atoms with Crippen LogP contribution in [0.2, 0.25) is 5.02 Å². The molecule has 1 aromatic carbocycles. The number of benzene rings is 1. The number of carbonyl (C=O) groups excluding carboxylic acids is 1. The number of carboxylic acid groups (broad SMARTS) is 1. The van der Waals surface area contributed by atoms with Crippen LogP contribution in [0.5, 0.6) is 5.75 Å². The highest BCUT2D eigenvalue weighted by Gasteiger charge is 2.20. The Hall–Kier alpha value is -1.55. The molecule has 20 heavy (non-hydrogen) atoms. The van der Waals surface area contributed by atoms with Crippen molar-refractivity contribution in [3.63, 3.8) is 0 Å². The first kappa shape index (κ1) is 16.5. The number of ketones is 1. The molecule has 0 aliphatic heterocycles. The molecule has 5 heteroatoms. The highest BCUT2D eigenvalue weighted by atomic mass is 35.5. The zero-order valence-electron chi connectivity index (χ0n) is 12.0. The topological polar surface area (TPSA) is 63.6 Å². The van der Waals surface area contributed by atoms with Crippen LogP contribution in [0, 0.1) is 13.8 Å². The van der Waals surface area contributed by atoms with Crippen molar-refractivity contribution < 1.29 is 19.4 Å². The van der Waals surface area contributed by atoms with Crippen molar-refractivity contribution in [2.45, 2.75) is 40.0 Å². The lowest BCUT2D eigenvalue weighted by Crippen LogP contribution is -2.10. The standard InChI is InChI=1S/C15H19ClO4/c1-4-7-20-12-8-9(2)15(16)10(3)14(12)11(17)5-6-13(18)19/h8H,4-7H2,1-3H3,(H,18,19). The van der Waals surface area contributed by atoms with Crippen LogP contribution in [-0.4, -0.2) is 23.5 Å². The molecule has 0 aliphatic rings. The minimum absolute atomic E-state index is 0.0575. The molecule has 110 valence electrons. The van der Waals surface area contributed by atoms with E-state index in [-0.39, 0.29) is 18.6 Å². The van der Waals surface area contributed by atoms with Gasteiger partial charge in [-0.3, -0.25) is 9.59 Å². The predicted molar refractivity (Wildman–Crippen MR) is 77.9 cm³/mol. The maximum atomic E-state index is 12.2. The first-order valence-electron chi connectivity index (χ1n) is 6.56. The largest absolute Gasteiger partial charge is 0.493 e. The van der Waals surface area contributed by atoms with Gasteiger partial charge in [-0.1, -0.05) is 18.5 Å². The van der Waals surface area contributed by atoms with Gasteiger partial charge in [0.05, 0.1) is 18.6 Å². The number of hydrogen-bond acceptors (Lipinski definition) is 3. The monoisotopic (exact) mass is 298 g/mol. The number of carbonyl (C=O) groups is 2. The first-order valence-corrected chi connectivity index (χ1v) is 6.93. The summed E-state index contributed by atoms with van der Waals surface area (Å²) in [4.78, 5) is 22.8. The maximum Gasteiger partial charge on any atom is 0.303 e. The van der Waals surface area contributed by atoms with Crippen molar-refractivity contribution in [2.24, 2.45) is 0 Å². The van der Waals surface area contributed by atoms with Crippen LogP contribution in [-0.2, 0) is 4.79 Å². The van der Waals surface area contributed by atoms with E-state index in [1.165, 1.54) is 0 Å². The van der Waals surface area contributed by atoms with E-state index in [1.807, 2.05) is 13.8 Å². The van der Waals surface area contributed by atoms with Gasteiger partial charge in [-0.05, 0) is 37.5 Å². The van der Waals surface area contributed by atoms with E-state index in [0.717, 1.165) is 12.0 Å². The van der Waals surface area contributed by atoms with Gasteiger partial charge in [-0.2, -0.15) is 0 Å². The summed E-state index contributed by atoms with van der Waals surface area (Å²) in [5, 5.41) is 9.20. The molecule has 0 heterocycles. The number of hydrogen-bond donors (Lipinski definition) is 1. The van der Waals surface area contributed by atoms with Gasteiger partial charge in [0.25, 0.3) is 0 Å². The zero-order chi connectivity index (χ0) is 15.3. The molecular weight excluding hydrogens is 280 g/mol. The third kappa shape index (κ3) is 3.97. The fourth-order valence-corrected chi connectivity index (χ4v) is 2.09. The second kappa shape index (κ2) is 7.29. The van der Waals surface area contributed by atoms with Crippen molar-refractivity contribution in [3.8, 4) is 5.75 Å². The normalized spacial score (nSPS) is 10.4. The van der Waals surface area contributed by atoms with Crippen LogP contribution in [0.15, 0.2) is 6.07 Å². The summed E-state index contributed by atoms with van der Waals surface area (Å²) >= 11 is 6.17. The first-order chi connectivity index (χ1) is 9.38. The summed E-state index contributed by atoms with van der Waals surface area (Å²) in [6.45, 7) is 6.07. The number of rotatable bonds is 7. The Morgan fingerprint density at radius 2 is 1.95 bits per heavy atom. The molecule has 4 nitrogen and oxygen atoms in total. The van der Waals surface area contributed by atoms with E-state index in [0.29, 0.717) is 28.5 Å². The Bertz CT molecular complexity index is 523. The fraction of sp³-hybridized carbons (Fsp3) is 0.467. The molecule has 0 bridgehead atoms. The third-order valence-corrected chi connectivity index (χ3v) is 3.53. The molecule has 1 rings (SSSR count). The average molecular weight is 299 g/mol. The van der Waals surface area contributed by atoms with Crippen LogP contribution >= 0.6 is 11.6 Å². The summed E-state index contributed by atoms with van der Waals surface area (Å²) in [5.74, 6) is -0.759. The Labute approximate surface area is 123 Å². The Balaban J connectivity index is 3.16. The van der Waals surface area contributed by atoms with Gasteiger partial charge in [0.2, 0.25) is 0 Å². The summed E-state index contributed by atoms with van der Waals surface area (Å²) in [6, 6.07) is 1.74. The lowest BCUT2D eigenvalue weighted by atomic mass is 9.98. The van der Waals surface area contributed by atoms with Gasteiger partial charge in [0.15, 0.2) is 5.78 Å². The van der Waals surface area contributed by atoms with Crippen LogP contribution in [0.3, 0.4) is 0 Å². The SMILES string of the molecule is CCCOc1cc(C)c(Cl)c(C)c1C(=O)CCC(=O)O. The van der Waals surface area contributed by atoms with Crippen LogP contribution < -0.4 is 4.74 Å². The van der Waals surface area contributed by atoms with Gasteiger partial charge in [0.1, 0.15) is 5.75 Å². The van der Waals surface area contributed by atoms with Crippen molar-refractivity contribution in [1.82, 2.24) is 0 Å². The molecule has 0 fully saturated rings. The minimum atomic E-state index is -0.995. The third-order valence-electron chi connectivity index (χ3n) is 2.95. The molecular formula is C15H19ClO4. The second-order valence-corrected chi connectivity index (χ2v) is 5.05. The quantitative estimate of drug-likeness (QED) is 0.778. The van der Waals surface area contributed by atoms with Crippen molar-refractivity contribution in [3.05, 3.63) is 27.8 Å². The van der Waals surface area contributed by atoms with Crippen LogP contribution in [0.4, 0.5) is 0 Å². The number of halogens is 1. The molecule has 1 N–H and O–H groups in total. The lowest BCUT2D eigenvalue weighted by molar-refractivity contribution is -0.136. The molecule has 0 saturated carbocycles. The number of carboxylic acids is 1. The van der Waals surface area contributed by atoms with Gasteiger partial charge >= 0.3 is 5.97 Å². The molecule has 0 spiro atoms. The number of ether oxygens (including phenoxy) is 1. The lowest BCUT2D eigenvalue weighted by Gasteiger charge is -2.15. The van der Waals surface area contributed by atoms with Gasteiger partial charge in [0, 0.05) is 11.4 Å². The Kier molecular flexibility index (Phi) is 6.02. The van der Waals surface area contributed by atoms with E-state index in [2.05, 4.69) is 0 Å².